The molecule has 1 unspecified atom stereocenters. The Morgan fingerprint density at radius 2 is 2.19 bits per heavy atom. The van der Waals surface area contributed by atoms with Gasteiger partial charge in [-0.2, -0.15) is 0 Å². The zero-order chi connectivity index (χ0) is 11.7. The van der Waals surface area contributed by atoms with E-state index in [1.807, 2.05) is 19.0 Å². The summed E-state index contributed by atoms with van der Waals surface area (Å²) in [6.45, 7) is 0.773. The molecule has 3 heteroatoms. The number of carbonyl (C=O) groups excluding carboxylic acids is 1. The number of fused-ring (bicyclic) bond motifs is 1. The third-order valence-corrected chi connectivity index (χ3v) is 3.05. The second kappa shape index (κ2) is 4.34. The van der Waals surface area contributed by atoms with Gasteiger partial charge in [0, 0.05) is 18.0 Å². The van der Waals surface area contributed by atoms with E-state index < -0.39 is 0 Å². The zero-order valence-electron chi connectivity index (χ0n) is 9.66. The molecular weight excluding hydrogens is 205 g/mol. The second-order valence-corrected chi connectivity index (χ2v) is 4.66. The number of benzene rings is 1. The summed E-state index contributed by atoms with van der Waals surface area (Å²) in [6.07, 6.45) is 1.63. The molecule has 1 aromatic rings. The van der Waals surface area contributed by atoms with Crippen LogP contribution in [-0.2, 0) is 6.42 Å². The lowest BCUT2D eigenvalue weighted by Gasteiger charge is -2.25. The molecular formula is C13H16FNO. The lowest BCUT2D eigenvalue weighted by Crippen LogP contribution is -2.31. The first kappa shape index (κ1) is 11.3. The predicted molar refractivity (Wildman–Crippen MR) is 61.1 cm³/mol. The summed E-state index contributed by atoms with van der Waals surface area (Å²) in [5.74, 6) is -0.0273. The van der Waals surface area contributed by atoms with E-state index in [2.05, 4.69) is 0 Å². The highest BCUT2D eigenvalue weighted by Crippen LogP contribution is 2.26. The normalized spacial score (nSPS) is 20.0. The minimum atomic E-state index is -0.252. The molecule has 1 aromatic carbocycles. The van der Waals surface area contributed by atoms with Gasteiger partial charge in [-0.15, -0.1) is 0 Å². The highest BCUT2D eigenvalue weighted by atomic mass is 19.1. The fourth-order valence-electron chi connectivity index (χ4n) is 2.31. The van der Waals surface area contributed by atoms with Crippen LogP contribution in [0.3, 0.4) is 0 Å². The van der Waals surface area contributed by atoms with E-state index in [4.69, 9.17) is 0 Å². The maximum absolute atomic E-state index is 13.0. The quantitative estimate of drug-likeness (QED) is 0.762. The molecule has 0 N–H and O–H groups in total. The number of Topliss-reactive ketones (excluding diaryl/α,β-unsaturated/α-hetero) is 1. The monoisotopic (exact) mass is 221 g/mol. The van der Waals surface area contributed by atoms with Crippen LogP contribution in [0.5, 0.6) is 0 Å². The Morgan fingerprint density at radius 1 is 1.44 bits per heavy atom. The van der Waals surface area contributed by atoms with Crippen molar-refractivity contribution in [2.75, 3.05) is 20.6 Å². The summed E-state index contributed by atoms with van der Waals surface area (Å²) in [6, 6.07) is 4.47. The van der Waals surface area contributed by atoms with Crippen molar-refractivity contribution < 1.29 is 9.18 Å². The van der Waals surface area contributed by atoms with Gasteiger partial charge < -0.3 is 4.90 Å². The molecule has 0 aromatic heterocycles. The zero-order valence-corrected chi connectivity index (χ0v) is 9.66. The fraction of sp³-hybridized carbons (Fsp3) is 0.462. The van der Waals surface area contributed by atoms with Gasteiger partial charge in [-0.1, -0.05) is 0 Å². The van der Waals surface area contributed by atoms with Crippen molar-refractivity contribution in [1.82, 2.24) is 4.90 Å². The first-order valence-corrected chi connectivity index (χ1v) is 5.55. The van der Waals surface area contributed by atoms with Gasteiger partial charge in [0.1, 0.15) is 5.82 Å². The Bertz CT molecular complexity index is 414. The smallest absolute Gasteiger partial charge is 0.167 e. The van der Waals surface area contributed by atoms with Crippen molar-refractivity contribution in [3.8, 4) is 0 Å². The van der Waals surface area contributed by atoms with E-state index in [-0.39, 0.29) is 17.5 Å². The topological polar surface area (TPSA) is 20.3 Å². The van der Waals surface area contributed by atoms with E-state index in [0.717, 1.165) is 24.9 Å². The minimum Gasteiger partial charge on any atom is -0.309 e. The van der Waals surface area contributed by atoms with Crippen LogP contribution >= 0.6 is 0 Å². The first-order valence-electron chi connectivity index (χ1n) is 5.55. The molecule has 0 fully saturated rings. The van der Waals surface area contributed by atoms with Gasteiger partial charge in [0.25, 0.3) is 0 Å². The van der Waals surface area contributed by atoms with E-state index in [1.165, 1.54) is 12.1 Å². The Kier molecular flexibility index (Phi) is 3.06. The van der Waals surface area contributed by atoms with Crippen LogP contribution in [0.4, 0.5) is 4.39 Å². The number of carbonyl (C=O) groups is 1. The fourth-order valence-corrected chi connectivity index (χ4v) is 2.31. The summed E-state index contributed by atoms with van der Waals surface area (Å²) < 4.78 is 13.0. The van der Waals surface area contributed by atoms with E-state index >= 15 is 0 Å². The van der Waals surface area contributed by atoms with E-state index in [0.29, 0.717) is 5.56 Å². The molecule has 0 spiro atoms. The van der Waals surface area contributed by atoms with Gasteiger partial charge in [-0.05, 0) is 50.7 Å². The third-order valence-electron chi connectivity index (χ3n) is 3.05. The Morgan fingerprint density at radius 3 is 2.88 bits per heavy atom. The van der Waals surface area contributed by atoms with Crippen LogP contribution in [-0.4, -0.2) is 31.3 Å². The van der Waals surface area contributed by atoms with Crippen LogP contribution in [0.2, 0.25) is 0 Å². The van der Waals surface area contributed by atoms with Crippen LogP contribution < -0.4 is 0 Å². The van der Waals surface area contributed by atoms with Crippen molar-refractivity contribution in [2.45, 2.75) is 12.8 Å². The van der Waals surface area contributed by atoms with Crippen molar-refractivity contribution in [3.63, 3.8) is 0 Å². The summed E-state index contributed by atoms with van der Waals surface area (Å²) in [5, 5.41) is 0. The molecule has 2 rings (SSSR count). The summed E-state index contributed by atoms with van der Waals surface area (Å²) >= 11 is 0. The number of ketones is 1. The summed E-state index contributed by atoms with van der Waals surface area (Å²) in [4.78, 5) is 14.1. The SMILES string of the molecule is CN(C)CC1CCc2cc(F)ccc2C1=O. The van der Waals surface area contributed by atoms with Gasteiger partial charge in [0.05, 0.1) is 0 Å². The molecule has 1 aliphatic rings. The average Bonchev–Trinajstić information content (AvgIpc) is 2.22. The largest absolute Gasteiger partial charge is 0.309 e. The number of hydrogen-bond donors (Lipinski definition) is 0. The summed E-state index contributed by atoms with van der Waals surface area (Å²) in [7, 11) is 3.93. The lowest BCUT2D eigenvalue weighted by atomic mass is 9.82. The molecule has 16 heavy (non-hydrogen) atoms. The lowest BCUT2D eigenvalue weighted by molar-refractivity contribution is 0.0877. The molecule has 0 aliphatic heterocycles. The maximum atomic E-state index is 13.0. The summed E-state index contributed by atoms with van der Waals surface area (Å²) in [5.41, 5.74) is 1.57. The second-order valence-electron chi connectivity index (χ2n) is 4.66. The van der Waals surface area contributed by atoms with E-state index in [9.17, 15) is 9.18 Å². The van der Waals surface area contributed by atoms with E-state index in [1.54, 1.807) is 6.07 Å². The number of nitrogens with zero attached hydrogens (tertiary/aromatic N) is 1. The molecule has 0 heterocycles. The van der Waals surface area contributed by atoms with Crippen molar-refractivity contribution in [1.29, 1.82) is 0 Å². The average molecular weight is 221 g/mol. The van der Waals surface area contributed by atoms with Gasteiger partial charge >= 0.3 is 0 Å². The molecule has 0 saturated heterocycles. The number of aryl methyl sites for hydroxylation is 1. The molecule has 0 amide bonds. The molecule has 0 radical (unpaired) electrons. The molecule has 2 nitrogen and oxygen atoms in total. The predicted octanol–water partition coefficient (Wildman–Crippen LogP) is 2.13. The molecule has 0 bridgehead atoms. The van der Waals surface area contributed by atoms with Crippen molar-refractivity contribution in [2.24, 2.45) is 5.92 Å². The van der Waals surface area contributed by atoms with Crippen LogP contribution in [0, 0.1) is 11.7 Å². The van der Waals surface area contributed by atoms with Crippen molar-refractivity contribution in [3.05, 3.63) is 35.1 Å². The van der Waals surface area contributed by atoms with Gasteiger partial charge in [-0.25, -0.2) is 4.39 Å². The van der Waals surface area contributed by atoms with Gasteiger partial charge in [-0.3, -0.25) is 4.79 Å². The molecule has 0 saturated carbocycles. The van der Waals surface area contributed by atoms with Gasteiger partial charge in [0.15, 0.2) is 5.78 Å². The van der Waals surface area contributed by atoms with Gasteiger partial charge in [0.2, 0.25) is 0 Å². The van der Waals surface area contributed by atoms with Crippen LogP contribution in [0.1, 0.15) is 22.3 Å². The Balaban J connectivity index is 2.25. The van der Waals surface area contributed by atoms with Crippen LogP contribution in [0.25, 0.3) is 0 Å². The highest BCUT2D eigenvalue weighted by molar-refractivity contribution is 6.00. The molecule has 1 aliphatic carbocycles. The number of halogens is 1. The Labute approximate surface area is 95.1 Å². The standard InChI is InChI=1S/C13H16FNO/c1-15(2)8-10-4-3-9-7-11(14)5-6-12(9)13(10)16/h5-7,10H,3-4,8H2,1-2H3. The number of hydrogen-bond acceptors (Lipinski definition) is 2. The minimum absolute atomic E-state index is 0.0629. The highest BCUT2D eigenvalue weighted by Gasteiger charge is 2.27. The molecule has 86 valence electrons. The number of rotatable bonds is 2. The third kappa shape index (κ3) is 2.14. The van der Waals surface area contributed by atoms with Crippen molar-refractivity contribution >= 4 is 5.78 Å². The molecule has 1 atom stereocenters. The van der Waals surface area contributed by atoms with Crippen LogP contribution in [0.15, 0.2) is 18.2 Å². The Hall–Kier alpha value is -1.22. The maximum Gasteiger partial charge on any atom is 0.167 e. The first-order chi connectivity index (χ1) is 7.58.